The fraction of sp³-hybridized carbons (Fsp3) is 0.462. The van der Waals surface area contributed by atoms with Crippen molar-refractivity contribution >= 4 is 21.6 Å². The van der Waals surface area contributed by atoms with Crippen LogP contribution in [0.3, 0.4) is 0 Å². The molecule has 1 saturated heterocycles. The number of nitrogens with zero attached hydrogens (tertiary/aromatic N) is 2. The van der Waals surface area contributed by atoms with Gasteiger partial charge in [-0.15, -0.1) is 11.3 Å². The van der Waals surface area contributed by atoms with Crippen molar-refractivity contribution in [2.75, 3.05) is 20.2 Å². The fourth-order valence-electron chi connectivity index (χ4n) is 2.34. The summed E-state index contributed by atoms with van der Waals surface area (Å²) in [5.74, 6) is 0.890. The summed E-state index contributed by atoms with van der Waals surface area (Å²) in [6.07, 6.45) is 1.10. The van der Waals surface area contributed by atoms with Crippen LogP contribution >= 0.6 is 11.3 Å². The van der Waals surface area contributed by atoms with Crippen molar-refractivity contribution in [1.82, 2.24) is 9.88 Å². The summed E-state index contributed by atoms with van der Waals surface area (Å²) in [5, 5.41) is 1.16. The first-order valence-corrected chi connectivity index (χ1v) is 6.97. The van der Waals surface area contributed by atoms with E-state index in [0.29, 0.717) is 6.04 Å². The summed E-state index contributed by atoms with van der Waals surface area (Å²) < 4.78 is 6.42. The average Bonchev–Trinajstić information content (AvgIpc) is 2.94. The Balaban J connectivity index is 1.80. The monoisotopic (exact) mass is 263 g/mol. The normalized spacial score (nSPS) is 20.7. The highest BCUT2D eigenvalue weighted by atomic mass is 32.1. The molecule has 1 aromatic carbocycles. The van der Waals surface area contributed by atoms with Gasteiger partial charge >= 0.3 is 0 Å². The quantitative estimate of drug-likeness (QED) is 0.918. The molecule has 2 aromatic rings. The molecule has 1 aliphatic heterocycles. The number of nitrogens with two attached hydrogens (primary N) is 1. The van der Waals surface area contributed by atoms with Crippen molar-refractivity contribution in [2.45, 2.75) is 19.0 Å². The molecule has 0 bridgehead atoms. The molecule has 0 amide bonds. The van der Waals surface area contributed by atoms with E-state index in [1.807, 2.05) is 18.2 Å². The number of rotatable bonds is 3. The highest BCUT2D eigenvalue weighted by Crippen LogP contribution is 2.27. The molecule has 0 radical (unpaired) electrons. The van der Waals surface area contributed by atoms with Crippen molar-refractivity contribution in [2.24, 2.45) is 5.73 Å². The van der Waals surface area contributed by atoms with Gasteiger partial charge < -0.3 is 10.5 Å². The molecule has 1 aliphatic rings. The zero-order valence-electron chi connectivity index (χ0n) is 10.4. The number of likely N-dealkylation sites (tertiary alicyclic amines) is 1. The van der Waals surface area contributed by atoms with E-state index in [0.717, 1.165) is 42.3 Å². The summed E-state index contributed by atoms with van der Waals surface area (Å²) in [6, 6.07) is 6.35. The zero-order valence-corrected chi connectivity index (χ0v) is 11.2. The van der Waals surface area contributed by atoms with Gasteiger partial charge in [-0.2, -0.15) is 0 Å². The number of hydrogen-bond donors (Lipinski definition) is 1. The molecule has 18 heavy (non-hydrogen) atoms. The molecule has 4 nitrogen and oxygen atoms in total. The van der Waals surface area contributed by atoms with Gasteiger partial charge in [-0.25, -0.2) is 4.98 Å². The van der Waals surface area contributed by atoms with Gasteiger partial charge in [-0.05, 0) is 24.6 Å². The summed E-state index contributed by atoms with van der Waals surface area (Å²) in [5.41, 5.74) is 6.97. The predicted molar refractivity (Wildman–Crippen MR) is 74.0 cm³/mol. The first-order chi connectivity index (χ1) is 8.74. The van der Waals surface area contributed by atoms with E-state index >= 15 is 0 Å². The van der Waals surface area contributed by atoms with Gasteiger partial charge in [-0.3, -0.25) is 4.90 Å². The average molecular weight is 263 g/mol. The zero-order chi connectivity index (χ0) is 12.5. The van der Waals surface area contributed by atoms with Gasteiger partial charge in [0.2, 0.25) is 0 Å². The number of aromatic nitrogens is 1. The topological polar surface area (TPSA) is 51.4 Å². The number of benzene rings is 1. The summed E-state index contributed by atoms with van der Waals surface area (Å²) in [7, 11) is 1.69. The number of methoxy groups -OCH3 is 1. The molecule has 0 aliphatic carbocycles. The molecule has 0 unspecified atom stereocenters. The second-order valence-corrected chi connectivity index (χ2v) is 5.84. The van der Waals surface area contributed by atoms with E-state index in [9.17, 15) is 0 Å². The summed E-state index contributed by atoms with van der Waals surface area (Å²) in [6.45, 7) is 2.98. The lowest BCUT2D eigenvalue weighted by Gasteiger charge is -2.12. The van der Waals surface area contributed by atoms with Crippen molar-refractivity contribution in [3.63, 3.8) is 0 Å². The van der Waals surface area contributed by atoms with Crippen LogP contribution in [0.2, 0.25) is 0 Å². The van der Waals surface area contributed by atoms with Crippen molar-refractivity contribution in [1.29, 1.82) is 0 Å². The molecular formula is C13H17N3OS. The summed E-state index contributed by atoms with van der Waals surface area (Å²) in [4.78, 5) is 7.03. The van der Waals surface area contributed by atoms with Gasteiger partial charge in [0.1, 0.15) is 10.8 Å². The van der Waals surface area contributed by atoms with E-state index in [2.05, 4.69) is 9.88 Å². The number of thiazole rings is 1. The number of ether oxygens (including phenoxy) is 1. The molecule has 5 heteroatoms. The maximum Gasteiger partial charge on any atom is 0.120 e. The van der Waals surface area contributed by atoms with Crippen LogP contribution in [0.15, 0.2) is 18.2 Å². The molecule has 0 saturated carbocycles. The van der Waals surface area contributed by atoms with Crippen LogP contribution in [0.4, 0.5) is 0 Å². The Morgan fingerprint density at radius 1 is 1.56 bits per heavy atom. The summed E-state index contributed by atoms with van der Waals surface area (Å²) >= 11 is 1.74. The third-order valence-electron chi connectivity index (χ3n) is 3.31. The van der Waals surface area contributed by atoms with Crippen molar-refractivity contribution in [3.05, 3.63) is 23.2 Å². The van der Waals surface area contributed by atoms with Gasteiger partial charge in [0.25, 0.3) is 0 Å². The van der Waals surface area contributed by atoms with Crippen molar-refractivity contribution in [3.8, 4) is 5.75 Å². The van der Waals surface area contributed by atoms with Gasteiger partial charge in [0, 0.05) is 19.1 Å². The first kappa shape index (κ1) is 11.9. The molecule has 1 aromatic heterocycles. The van der Waals surface area contributed by atoms with E-state index in [1.165, 1.54) is 4.70 Å². The lowest BCUT2D eigenvalue weighted by Crippen LogP contribution is -2.26. The minimum absolute atomic E-state index is 0.333. The molecule has 3 rings (SSSR count). The van der Waals surface area contributed by atoms with E-state index < -0.39 is 0 Å². The van der Waals surface area contributed by atoms with E-state index in [1.54, 1.807) is 18.4 Å². The lowest BCUT2D eigenvalue weighted by molar-refractivity contribution is 0.326. The molecule has 0 spiro atoms. The first-order valence-electron chi connectivity index (χ1n) is 6.16. The van der Waals surface area contributed by atoms with Crippen LogP contribution < -0.4 is 10.5 Å². The Bertz CT molecular complexity index is 554. The van der Waals surface area contributed by atoms with Crippen LogP contribution in [0.1, 0.15) is 11.4 Å². The van der Waals surface area contributed by atoms with E-state index in [4.69, 9.17) is 10.5 Å². The number of hydrogen-bond acceptors (Lipinski definition) is 5. The second-order valence-electron chi connectivity index (χ2n) is 4.73. The SMILES string of the molecule is COc1ccc2nc(CN3CC[C@H](N)C3)sc2c1. The van der Waals surface area contributed by atoms with Crippen LogP contribution in [0, 0.1) is 0 Å². The standard InChI is InChI=1S/C13H17N3OS/c1-17-10-2-3-11-12(6-10)18-13(15-11)8-16-5-4-9(14)7-16/h2-3,6,9H,4-5,7-8,14H2,1H3/t9-/m0/s1. The Morgan fingerprint density at radius 2 is 2.44 bits per heavy atom. The highest BCUT2D eigenvalue weighted by molar-refractivity contribution is 7.18. The Morgan fingerprint density at radius 3 is 3.17 bits per heavy atom. The van der Waals surface area contributed by atoms with Gasteiger partial charge in [0.15, 0.2) is 0 Å². The van der Waals surface area contributed by atoms with Crippen LogP contribution in [-0.2, 0) is 6.54 Å². The van der Waals surface area contributed by atoms with Gasteiger partial charge in [-0.1, -0.05) is 0 Å². The van der Waals surface area contributed by atoms with Crippen LogP contribution in [0.5, 0.6) is 5.75 Å². The molecule has 2 N–H and O–H groups in total. The van der Waals surface area contributed by atoms with Crippen LogP contribution in [0.25, 0.3) is 10.2 Å². The molecule has 96 valence electrons. The second kappa shape index (κ2) is 4.84. The van der Waals surface area contributed by atoms with Crippen LogP contribution in [-0.4, -0.2) is 36.1 Å². The Hall–Kier alpha value is -1.17. The molecule has 1 fully saturated rings. The predicted octanol–water partition coefficient (Wildman–Crippen LogP) is 1.84. The maximum atomic E-state index is 5.92. The third kappa shape index (κ3) is 2.34. The fourth-order valence-corrected chi connectivity index (χ4v) is 3.38. The largest absolute Gasteiger partial charge is 0.497 e. The van der Waals surface area contributed by atoms with Gasteiger partial charge in [0.05, 0.1) is 23.9 Å². The lowest BCUT2D eigenvalue weighted by atomic mass is 10.3. The Kier molecular flexibility index (Phi) is 3.20. The molecular weight excluding hydrogens is 246 g/mol. The minimum Gasteiger partial charge on any atom is -0.497 e. The highest BCUT2D eigenvalue weighted by Gasteiger charge is 2.20. The Labute approximate surface area is 110 Å². The molecule has 2 heterocycles. The third-order valence-corrected chi connectivity index (χ3v) is 4.31. The number of fused-ring (bicyclic) bond motifs is 1. The smallest absolute Gasteiger partial charge is 0.120 e. The van der Waals surface area contributed by atoms with Crippen molar-refractivity contribution < 1.29 is 4.74 Å². The molecule has 1 atom stereocenters. The maximum absolute atomic E-state index is 5.92. The minimum atomic E-state index is 0.333. The van der Waals surface area contributed by atoms with E-state index in [-0.39, 0.29) is 0 Å².